The van der Waals surface area contributed by atoms with Crippen LogP contribution >= 0.6 is 11.6 Å². The van der Waals surface area contributed by atoms with Gasteiger partial charge in [0.1, 0.15) is 10.6 Å². The summed E-state index contributed by atoms with van der Waals surface area (Å²) in [6.07, 6.45) is 0. The van der Waals surface area contributed by atoms with Gasteiger partial charge in [0, 0.05) is 31.7 Å². The predicted octanol–water partition coefficient (Wildman–Crippen LogP) is 2.89. The smallest absolute Gasteiger partial charge is 0.253 e. The van der Waals surface area contributed by atoms with Gasteiger partial charge in [-0.2, -0.15) is 4.31 Å². The number of amides is 1. The molecule has 0 atom stereocenters. The summed E-state index contributed by atoms with van der Waals surface area (Å²) in [5, 5.41) is 0.199. The van der Waals surface area contributed by atoms with Gasteiger partial charge in [0.15, 0.2) is 0 Å². The van der Waals surface area contributed by atoms with Crippen molar-refractivity contribution in [3.8, 4) is 5.75 Å². The summed E-state index contributed by atoms with van der Waals surface area (Å²) in [6.45, 7) is 3.59. The molecule has 0 unspecified atom stereocenters. The number of carbonyl (C=O) groups excluding carboxylic acids is 1. The first-order valence-corrected chi connectivity index (χ1v) is 10.5. The Balaban J connectivity index is 1.66. The molecule has 8 heteroatoms. The highest BCUT2D eigenvalue weighted by atomic mass is 35.5. The average Bonchev–Trinajstić information content (AvgIpc) is 2.68. The Morgan fingerprint density at radius 3 is 2.26 bits per heavy atom. The maximum absolute atomic E-state index is 12.8. The van der Waals surface area contributed by atoms with Crippen LogP contribution in [0.25, 0.3) is 0 Å². The van der Waals surface area contributed by atoms with Gasteiger partial charge in [0.25, 0.3) is 5.91 Å². The normalized spacial score (nSPS) is 15.6. The topological polar surface area (TPSA) is 66.9 Å². The largest absolute Gasteiger partial charge is 0.494 e. The lowest BCUT2D eigenvalue weighted by atomic mass is 10.2. The van der Waals surface area contributed by atoms with E-state index >= 15 is 0 Å². The van der Waals surface area contributed by atoms with Crippen LogP contribution in [0.4, 0.5) is 0 Å². The number of piperazine rings is 1. The predicted molar refractivity (Wildman–Crippen MR) is 104 cm³/mol. The summed E-state index contributed by atoms with van der Waals surface area (Å²) in [4.78, 5) is 14.4. The Hall–Kier alpha value is -2.09. The van der Waals surface area contributed by atoms with Crippen molar-refractivity contribution < 1.29 is 17.9 Å². The standard InChI is InChI=1S/C19H21ClN2O4S/c1-2-26-16-9-7-15(8-10-16)19(23)21-11-13-22(14-12-21)27(24,25)18-6-4-3-5-17(18)20/h3-10H,2,11-14H2,1H3. The minimum Gasteiger partial charge on any atom is -0.494 e. The second kappa shape index (κ2) is 8.29. The van der Waals surface area contributed by atoms with E-state index in [0.29, 0.717) is 31.0 Å². The van der Waals surface area contributed by atoms with Gasteiger partial charge in [-0.1, -0.05) is 23.7 Å². The second-order valence-corrected chi connectivity index (χ2v) is 8.40. The fourth-order valence-corrected chi connectivity index (χ4v) is 4.88. The molecule has 2 aromatic rings. The SMILES string of the molecule is CCOc1ccc(C(=O)N2CCN(S(=O)(=O)c3ccccc3Cl)CC2)cc1. The molecule has 1 amide bonds. The van der Waals surface area contributed by atoms with Crippen LogP contribution in [0.2, 0.25) is 5.02 Å². The number of halogens is 1. The molecule has 1 aliphatic heterocycles. The highest BCUT2D eigenvalue weighted by Gasteiger charge is 2.31. The van der Waals surface area contributed by atoms with Crippen molar-refractivity contribution in [2.45, 2.75) is 11.8 Å². The molecule has 3 rings (SSSR count). The summed E-state index contributed by atoms with van der Waals surface area (Å²) in [5.41, 5.74) is 0.556. The molecule has 0 radical (unpaired) electrons. The first-order chi connectivity index (χ1) is 12.9. The number of benzene rings is 2. The summed E-state index contributed by atoms with van der Waals surface area (Å²) in [6, 6.07) is 13.3. The van der Waals surface area contributed by atoms with Crippen molar-refractivity contribution in [2.75, 3.05) is 32.8 Å². The van der Waals surface area contributed by atoms with E-state index in [1.165, 1.54) is 10.4 Å². The number of ether oxygens (including phenoxy) is 1. The molecule has 2 aromatic carbocycles. The van der Waals surface area contributed by atoms with Crippen LogP contribution in [0.5, 0.6) is 5.75 Å². The number of carbonyl (C=O) groups is 1. The summed E-state index contributed by atoms with van der Waals surface area (Å²) in [5.74, 6) is 0.595. The molecule has 144 valence electrons. The minimum absolute atomic E-state index is 0.0953. The van der Waals surface area contributed by atoms with Crippen LogP contribution in [0.15, 0.2) is 53.4 Å². The highest BCUT2D eigenvalue weighted by molar-refractivity contribution is 7.89. The van der Waals surface area contributed by atoms with E-state index in [9.17, 15) is 13.2 Å². The van der Waals surface area contributed by atoms with E-state index in [-0.39, 0.29) is 28.9 Å². The van der Waals surface area contributed by atoms with Gasteiger partial charge in [0.2, 0.25) is 10.0 Å². The van der Waals surface area contributed by atoms with Gasteiger partial charge >= 0.3 is 0 Å². The van der Waals surface area contributed by atoms with E-state index in [1.807, 2.05) is 6.92 Å². The lowest BCUT2D eigenvalue weighted by molar-refractivity contribution is 0.0698. The Kier molecular flexibility index (Phi) is 6.04. The fourth-order valence-electron chi connectivity index (χ4n) is 2.97. The highest BCUT2D eigenvalue weighted by Crippen LogP contribution is 2.25. The number of sulfonamides is 1. The average molecular weight is 409 g/mol. The quantitative estimate of drug-likeness (QED) is 0.762. The third-order valence-corrected chi connectivity index (χ3v) is 6.79. The first-order valence-electron chi connectivity index (χ1n) is 8.70. The molecule has 0 aromatic heterocycles. The van der Waals surface area contributed by atoms with Gasteiger partial charge in [-0.25, -0.2) is 8.42 Å². The van der Waals surface area contributed by atoms with E-state index in [1.54, 1.807) is 47.4 Å². The molecular weight excluding hydrogens is 388 g/mol. The van der Waals surface area contributed by atoms with Gasteiger partial charge in [-0.05, 0) is 43.3 Å². The van der Waals surface area contributed by atoms with Gasteiger partial charge in [0.05, 0.1) is 11.6 Å². The van der Waals surface area contributed by atoms with E-state index in [0.717, 1.165) is 0 Å². The van der Waals surface area contributed by atoms with Crippen LogP contribution in [0.1, 0.15) is 17.3 Å². The molecule has 1 heterocycles. The van der Waals surface area contributed by atoms with Gasteiger partial charge < -0.3 is 9.64 Å². The first kappa shape index (κ1) is 19.7. The van der Waals surface area contributed by atoms with Gasteiger partial charge in [-0.15, -0.1) is 0 Å². The van der Waals surface area contributed by atoms with E-state index < -0.39 is 10.0 Å². The monoisotopic (exact) mass is 408 g/mol. The van der Waals surface area contributed by atoms with Gasteiger partial charge in [-0.3, -0.25) is 4.79 Å². The second-order valence-electron chi connectivity index (χ2n) is 6.08. The zero-order valence-electron chi connectivity index (χ0n) is 15.0. The Labute approximate surface area is 164 Å². The molecule has 0 spiro atoms. The number of hydrogen-bond donors (Lipinski definition) is 0. The van der Waals surface area contributed by atoms with Crippen molar-refractivity contribution in [1.82, 2.24) is 9.21 Å². The lowest BCUT2D eigenvalue weighted by Crippen LogP contribution is -2.50. The maximum atomic E-state index is 12.8. The molecule has 27 heavy (non-hydrogen) atoms. The van der Waals surface area contributed by atoms with Crippen LogP contribution in [0.3, 0.4) is 0 Å². The van der Waals surface area contributed by atoms with Crippen LogP contribution in [0, 0.1) is 0 Å². The van der Waals surface area contributed by atoms with Crippen molar-refractivity contribution >= 4 is 27.5 Å². The molecule has 1 aliphatic rings. The van der Waals surface area contributed by atoms with Crippen molar-refractivity contribution in [1.29, 1.82) is 0 Å². The van der Waals surface area contributed by atoms with Crippen molar-refractivity contribution in [3.63, 3.8) is 0 Å². The third kappa shape index (κ3) is 4.26. The van der Waals surface area contributed by atoms with Crippen LogP contribution in [-0.4, -0.2) is 56.3 Å². The maximum Gasteiger partial charge on any atom is 0.253 e. The third-order valence-electron chi connectivity index (χ3n) is 4.39. The molecule has 0 bridgehead atoms. The van der Waals surface area contributed by atoms with Crippen molar-refractivity contribution in [2.24, 2.45) is 0 Å². The molecular formula is C19H21ClN2O4S. The number of hydrogen-bond acceptors (Lipinski definition) is 4. The molecule has 0 saturated carbocycles. The molecule has 1 saturated heterocycles. The summed E-state index contributed by atoms with van der Waals surface area (Å²) in [7, 11) is -3.67. The molecule has 6 nitrogen and oxygen atoms in total. The molecule has 0 N–H and O–H groups in total. The fraction of sp³-hybridized carbons (Fsp3) is 0.316. The Morgan fingerprint density at radius 1 is 1.04 bits per heavy atom. The van der Waals surface area contributed by atoms with Crippen LogP contribution in [-0.2, 0) is 10.0 Å². The Bertz CT molecular complexity index is 908. The van der Waals surface area contributed by atoms with Crippen molar-refractivity contribution in [3.05, 3.63) is 59.1 Å². The molecule has 0 aliphatic carbocycles. The number of rotatable bonds is 5. The zero-order valence-corrected chi connectivity index (χ0v) is 16.5. The van der Waals surface area contributed by atoms with E-state index in [4.69, 9.17) is 16.3 Å². The summed E-state index contributed by atoms with van der Waals surface area (Å²) < 4.78 is 32.3. The van der Waals surface area contributed by atoms with E-state index in [2.05, 4.69) is 0 Å². The summed E-state index contributed by atoms with van der Waals surface area (Å²) >= 11 is 6.04. The molecule has 1 fully saturated rings. The zero-order chi connectivity index (χ0) is 19.4. The van der Waals surface area contributed by atoms with Crippen LogP contribution < -0.4 is 4.74 Å². The minimum atomic E-state index is -3.67. The number of nitrogens with zero attached hydrogens (tertiary/aromatic N) is 2. The Morgan fingerprint density at radius 2 is 1.67 bits per heavy atom. The lowest BCUT2D eigenvalue weighted by Gasteiger charge is -2.34.